The molecule has 1 N–H and O–H groups in total. The van der Waals surface area contributed by atoms with Crippen LogP contribution in [0.4, 0.5) is 4.79 Å². The molecule has 1 heterocycles. The number of rotatable bonds is 4. The number of phenolic OH excluding ortho intramolecular Hbond substituents is 1. The largest absolute Gasteiger partial charge is 0.503 e. The third-order valence-corrected chi connectivity index (χ3v) is 4.35. The van der Waals surface area contributed by atoms with Crippen LogP contribution in [0.3, 0.4) is 0 Å². The lowest BCUT2D eigenvalue weighted by atomic mass is 10.2. The van der Waals surface area contributed by atoms with Crippen molar-refractivity contribution >= 4 is 44.9 Å². The Morgan fingerprint density at radius 3 is 2.67 bits per heavy atom. The molecule has 0 atom stereocenters. The predicted octanol–water partition coefficient (Wildman–Crippen LogP) is 3.61. The van der Waals surface area contributed by atoms with Crippen LogP contribution in [-0.4, -0.2) is 34.3 Å². The Morgan fingerprint density at radius 1 is 1.38 bits per heavy atom. The Hall–Kier alpha value is -1.47. The lowest BCUT2D eigenvalue weighted by Gasteiger charge is -2.09. The smallest absolute Gasteiger partial charge is 0.293 e. The van der Waals surface area contributed by atoms with Crippen LogP contribution in [0.15, 0.2) is 21.5 Å². The molecule has 0 radical (unpaired) electrons. The molecule has 1 aromatic rings. The molecule has 0 unspecified atom stereocenters. The summed E-state index contributed by atoms with van der Waals surface area (Å²) in [4.78, 5) is 25.3. The molecule has 1 aliphatic heterocycles. The monoisotopic (exact) mass is 371 g/mol. The third-order valence-electron chi connectivity index (χ3n) is 2.84. The molecule has 0 spiro atoms. The summed E-state index contributed by atoms with van der Waals surface area (Å²) in [7, 11) is 0. The van der Waals surface area contributed by atoms with E-state index in [1.54, 1.807) is 25.1 Å². The van der Waals surface area contributed by atoms with Crippen LogP contribution in [0.2, 0.25) is 0 Å². The van der Waals surface area contributed by atoms with Crippen LogP contribution in [0.1, 0.15) is 19.4 Å². The van der Waals surface area contributed by atoms with Gasteiger partial charge >= 0.3 is 0 Å². The number of hydrogen-bond acceptors (Lipinski definition) is 5. The summed E-state index contributed by atoms with van der Waals surface area (Å²) in [6.45, 7) is 4.33. The molecule has 1 aliphatic rings. The Morgan fingerprint density at radius 2 is 2.10 bits per heavy atom. The SMILES string of the molecule is CCOc1cc(/C=C2/SC(=O)N(CC)C2=O)cc(Br)c1O. The Labute approximate surface area is 135 Å². The minimum absolute atomic E-state index is 0.00987. The van der Waals surface area contributed by atoms with E-state index in [1.807, 2.05) is 6.92 Å². The zero-order valence-electron chi connectivity index (χ0n) is 11.6. The minimum atomic E-state index is -0.297. The van der Waals surface area contributed by atoms with E-state index in [0.717, 1.165) is 11.8 Å². The van der Waals surface area contributed by atoms with Gasteiger partial charge in [0, 0.05) is 6.54 Å². The van der Waals surface area contributed by atoms with E-state index < -0.39 is 0 Å². The number of ether oxygens (including phenoxy) is 1. The molecule has 0 saturated carbocycles. The van der Waals surface area contributed by atoms with Gasteiger partial charge in [-0.1, -0.05) is 0 Å². The van der Waals surface area contributed by atoms with E-state index >= 15 is 0 Å². The van der Waals surface area contributed by atoms with Crippen LogP contribution >= 0.6 is 27.7 Å². The highest BCUT2D eigenvalue weighted by molar-refractivity contribution is 9.10. The summed E-state index contributed by atoms with van der Waals surface area (Å²) in [6.07, 6.45) is 1.62. The van der Waals surface area contributed by atoms with Gasteiger partial charge in [-0.2, -0.15) is 0 Å². The van der Waals surface area contributed by atoms with Gasteiger partial charge in [-0.25, -0.2) is 0 Å². The lowest BCUT2D eigenvalue weighted by Crippen LogP contribution is -2.27. The Kier molecular flexibility index (Phi) is 4.95. The molecule has 0 bridgehead atoms. The number of carbonyl (C=O) groups is 2. The average Bonchev–Trinajstić information content (AvgIpc) is 2.70. The quantitative estimate of drug-likeness (QED) is 0.818. The van der Waals surface area contributed by atoms with E-state index in [2.05, 4.69) is 15.9 Å². The Balaban J connectivity index is 2.37. The van der Waals surface area contributed by atoms with Gasteiger partial charge in [-0.3, -0.25) is 14.5 Å². The molecule has 5 nitrogen and oxygen atoms in total. The fourth-order valence-corrected chi connectivity index (χ4v) is 3.23. The van der Waals surface area contributed by atoms with E-state index in [9.17, 15) is 14.7 Å². The molecule has 21 heavy (non-hydrogen) atoms. The number of carbonyl (C=O) groups excluding carboxylic acids is 2. The molecule has 1 saturated heterocycles. The van der Waals surface area contributed by atoms with Crippen molar-refractivity contribution < 1.29 is 19.4 Å². The number of imide groups is 1. The van der Waals surface area contributed by atoms with Gasteiger partial charge in [0.25, 0.3) is 11.1 Å². The van der Waals surface area contributed by atoms with Gasteiger partial charge in [0.1, 0.15) is 0 Å². The topological polar surface area (TPSA) is 66.8 Å². The highest BCUT2D eigenvalue weighted by Gasteiger charge is 2.33. The van der Waals surface area contributed by atoms with E-state index in [4.69, 9.17) is 4.74 Å². The van der Waals surface area contributed by atoms with Crippen molar-refractivity contribution in [3.8, 4) is 11.5 Å². The molecular weight excluding hydrogens is 358 g/mol. The minimum Gasteiger partial charge on any atom is -0.503 e. The van der Waals surface area contributed by atoms with Crippen molar-refractivity contribution in [1.29, 1.82) is 0 Å². The van der Waals surface area contributed by atoms with Crippen molar-refractivity contribution in [2.24, 2.45) is 0 Å². The first-order valence-corrected chi connectivity index (χ1v) is 7.99. The van der Waals surface area contributed by atoms with Gasteiger partial charge in [0.2, 0.25) is 0 Å². The van der Waals surface area contributed by atoms with Gasteiger partial charge in [-0.05, 0) is 65.3 Å². The number of aromatic hydroxyl groups is 1. The number of benzene rings is 1. The van der Waals surface area contributed by atoms with Crippen molar-refractivity contribution in [3.63, 3.8) is 0 Å². The molecule has 1 aromatic carbocycles. The summed E-state index contributed by atoms with van der Waals surface area (Å²) in [5.41, 5.74) is 0.671. The van der Waals surface area contributed by atoms with Crippen LogP contribution in [-0.2, 0) is 4.79 Å². The second-order valence-corrected chi connectivity index (χ2v) is 6.06. The molecule has 7 heteroatoms. The van der Waals surface area contributed by atoms with Crippen LogP contribution in [0.25, 0.3) is 6.08 Å². The zero-order chi connectivity index (χ0) is 15.6. The third kappa shape index (κ3) is 3.24. The average molecular weight is 372 g/mol. The van der Waals surface area contributed by atoms with Crippen molar-refractivity contribution in [2.75, 3.05) is 13.2 Å². The normalized spacial score (nSPS) is 16.9. The number of thioether (sulfide) groups is 1. The first-order chi connectivity index (χ1) is 9.97. The van der Waals surface area contributed by atoms with Gasteiger partial charge in [-0.15, -0.1) is 0 Å². The first kappa shape index (κ1) is 15.9. The fourth-order valence-electron chi connectivity index (χ4n) is 1.87. The lowest BCUT2D eigenvalue weighted by molar-refractivity contribution is -0.122. The van der Waals surface area contributed by atoms with Crippen LogP contribution in [0.5, 0.6) is 11.5 Å². The standard InChI is InChI=1S/C14H14BrNO4S/c1-3-16-13(18)11(21-14(16)19)7-8-5-9(15)12(17)10(6-8)20-4-2/h5-7,17H,3-4H2,1-2H3/b11-7+. The first-order valence-electron chi connectivity index (χ1n) is 6.38. The van der Waals surface area contributed by atoms with E-state index in [1.165, 1.54) is 4.90 Å². The summed E-state index contributed by atoms with van der Waals surface area (Å²) < 4.78 is 5.80. The van der Waals surface area contributed by atoms with Crippen LogP contribution < -0.4 is 4.74 Å². The number of nitrogens with zero attached hydrogens (tertiary/aromatic N) is 1. The van der Waals surface area contributed by atoms with Gasteiger partial charge < -0.3 is 9.84 Å². The molecule has 2 rings (SSSR count). The van der Waals surface area contributed by atoms with Gasteiger partial charge in [0.05, 0.1) is 16.0 Å². The maximum atomic E-state index is 12.0. The van der Waals surface area contributed by atoms with E-state index in [-0.39, 0.29) is 16.9 Å². The number of halogens is 1. The van der Waals surface area contributed by atoms with Gasteiger partial charge in [0.15, 0.2) is 11.5 Å². The maximum Gasteiger partial charge on any atom is 0.293 e. The molecular formula is C14H14BrNO4S. The second-order valence-electron chi connectivity index (χ2n) is 4.21. The molecule has 1 fully saturated rings. The second kappa shape index (κ2) is 6.53. The highest BCUT2D eigenvalue weighted by atomic mass is 79.9. The zero-order valence-corrected chi connectivity index (χ0v) is 14.0. The summed E-state index contributed by atoms with van der Waals surface area (Å²) in [6, 6.07) is 3.29. The van der Waals surface area contributed by atoms with E-state index in [0.29, 0.717) is 33.8 Å². The van der Waals surface area contributed by atoms with Crippen LogP contribution in [0, 0.1) is 0 Å². The number of amides is 2. The number of likely N-dealkylation sites (N-methyl/N-ethyl adjacent to an activating group) is 1. The van der Waals surface area contributed by atoms with Crippen molar-refractivity contribution in [3.05, 3.63) is 27.1 Å². The number of hydrogen-bond donors (Lipinski definition) is 1. The van der Waals surface area contributed by atoms with Crippen molar-refractivity contribution in [1.82, 2.24) is 4.90 Å². The number of phenols is 1. The molecule has 0 aliphatic carbocycles. The predicted molar refractivity (Wildman–Crippen MR) is 85.3 cm³/mol. The maximum absolute atomic E-state index is 12.0. The summed E-state index contributed by atoms with van der Waals surface area (Å²) >= 11 is 4.15. The molecule has 112 valence electrons. The molecule has 2 amide bonds. The van der Waals surface area contributed by atoms with Crippen molar-refractivity contribution in [2.45, 2.75) is 13.8 Å². The summed E-state index contributed by atoms with van der Waals surface area (Å²) in [5.74, 6) is 0.0400. The fraction of sp³-hybridized carbons (Fsp3) is 0.286. The summed E-state index contributed by atoms with van der Waals surface area (Å²) in [5, 5.41) is 9.59. The highest BCUT2D eigenvalue weighted by Crippen LogP contribution is 2.38. The molecule has 0 aromatic heterocycles. The Bertz CT molecular complexity index is 630.